The number of hydrogen-bond acceptors (Lipinski definition) is 4. The Bertz CT molecular complexity index is 486. The van der Waals surface area contributed by atoms with Gasteiger partial charge in [0.25, 0.3) is 5.91 Å². The lowest BCUT2D eigenvalue weighted by Gasteiger charge is -2.31. The van der Waals surface area contributed by atoms with E-state index in [0.717, 1.165) is 0 Å². The zero-order chi connectivity index (χ0) is 14.5. The highest BCUT2D eigenvalue weighted by Gasteiger charge is 2.33. The normalized spacial score (nSPS) is 12.3. The number of hydrogen-bond donors (Lipinski definition) is 3. The number of aromatic nitrogens is 1. The van der Waals surface area contributed by atoms with Gasteiger partial charge in [-0.3, -0.25) is 9.78 Å². The fourth-order valence-electron chi connectivity index (χ4n) is 1.77. The molecule has 0 aromatic carbocycles. The van der Waals surface area contributed by atoms with Crippen LogP contribution in [0.15, 0.2) is 28.1 Å². The van der Waals surface area contributed by atoms with E-state index >= 15 is 0 Å². The predicted molar refractivity (Wildman–Crippen MR) is 76.1 cm³/mol. The summed E-state index contributed by atoms with van der Waals surface area (Å²) in [6.07, 6.45) is 4.09. The highest BCUT2D eigenvalue weighted by atomic mass is 79.9. The lowest BCUT2D eigenvalue weighted by Crippen LogP contribution is -2.56. The van der Waals surface area contributed by atoms with Gasteiger partial charge in [-0.25, -0.2) is 0 Å². The fourth-order valence-corrected chi connectivity index (χ4v) is 2.14. The molecule has 0 aliphatic carbocycles. The number of nitrogens with two attached hydrogens (primary N) is 1. The van der Waals surface area contributed by atoms with Crippen LogP contribution in [0, 0.1) is 0 Å². The first-order chi connectivity index (χ1) is 8.99. The molecule has 0 fully saturated rings. The van der Waals surface area contributed by atoms with E-state index in [2.05, 4.69) is 31.4 Å². The minimum absolute atomic E-state index is 0.00574. The zero-order valence-electron chi connectivity index (χ0n) is 10.9. The first kappa shape index (κ1) is 15.4. The third-order valence-electron chi connectivity index (χ3n) is 3.13. The van der Waals surface area contributed by atoms with Crippen molar-refractivity contribution in [3.05, 3.63) is 28.5 Å². The summed E-state index contributed by atoms with van der Waals surface area (Å²) in [4.78, 5) is 16.1. The van der Waals surface area contributed by atoms with Gasteiger partial charge < -0.3 is 16.3 Å². The molecule has 0 saturated carbocycles. The number of carbonyl (C=O) groups is 1. The number of pyridine rings is 1. The van der Waals surface area contributed by atoms with Crippen molar-refractivity contribution in [3.63, 3.8) is 0 Å². The molecule has 0 aliphatic heterocycles. The van der Waals surface area contributed by atoms with E-state index < -0.39 is 5.54 Å². The average molecular weight is 329 g/mol. The molecule has 1 rings (SSSR count). The van der Waals surface area contributed by atoms with Crippen LogP contribution in [0.25, 0.3) is 0 Å². The fraction of sp³-hybridized carbons (Fsp3) is 0.417. The third kappa shape index (κ3) is 3.44. The molecule has 6 nitrogen and oxygen atoms in total. The summed E-state index contributed by atoms with van der Waals surface area (Å²) in [6, 6.07) is 1.66. The van der Waals surface area contributed by atoms with Gasteiger partial charge in [0.2, 0.25) is 0 Å². The Kier molecular flexibility index (Phi) is 5.29. The zero-order valence-corrected chi connectivity index (χ0v) is 12.4. The van der Waals surface area contributed by atoms with Crippen molar-refractivity contribution in [2.24, 2.45) is 10.9 Å². The van der Waals surface area contributed by atoms with Crippen molar-refractivity contribution in [2.45, 2.75) is 32.2 Å². The quantitative estimate of drug-likeness (QED) is 0.332. The predicted octanol–water partition coefficient (Wildman–Crippen LogP) is 1.88. The van der Waals surface area contributed by atoms with Crippen LogP contribution in [0.4, 0.5) is 0 Å². The topological polar surface area (TPSA) is 101 Å². The molecule has 19 heavy (non-hydrogen) atoms. The van der Waals surface area contributed by atoms with Crippen molar-refractivity contribution in [1.82, 2.24) is 10.3 Å². The highest BCUT2D eigenvalue weighted by Crippen LogP contribution is 2.17. The van der Waals surface area contributed by atoms with Crippen molar-refractivity contribution >= 4 is 27.7 Å². The van der Waals surface area contributed by atoms with Gasteiger partial charge in [0.15, 0.2) is 5.84 Å². The van der Waals surface area contributed by atoms with Gasteiger partial charge in [-0.05, 0) is 34.8 Å². The molecule has 0 saturated heterocycles. The molecule has 0 aliphatic rings. The van der Waals surface area contributed by atoms with E-state index in [0.29, 0.717) is 22.9 Å². The summed E-state index contributed by atoms with van der Waals surface area (Å²) in [5.74, 6) is -0.321. The molecule has 0 atom stereocenters. The maximum atomic E-state index is 12.2. The monoisotopic (exact) mass is 328 g/mol. The SMILES string of the molecule is CCC(CC)(NC(=O)c1cncc(Br)c1)/C(N)=N/O. The summed E-state index contributed by atoms with van der Waals surface area (Å²) in [7, 11) is 0. The Morgan fingerprint density at radius 1 is 1.53 bits per heavy atom. The molecule has 1 amide bonds. The Hall–Kier alpha value is -1.63. The molecule has 0 radical (unpaired) electrons. The molecule has 0 spiro atoms. The molecular formula is C12H17BrN4O2. The molecule has 104 valence electrons. The highest BCUT2D eigenvalue weighted by molar-refractivity contribution is 9.10. The van der Waals surface area contributed by atoms with E-state index in [4.69, 9.17) is 10.9 Å². The van der Waals surface area contributed by atoms with Crippen LogP contribution >= 0.6 is 15.9 Å². The maximum absolute atomic E-state index is 12.2. The average Bonchev–Trinajstić information content (AvgIpc) is 2.43. The summed E-state index contributed by atoms with van der Waals surface area (Å²) < 4.78 is 0.711. The van der Waals surface area contributed by atoms with Crippen LogP contribution in [-0.4, -0.2) is 27.5 Å². The van der Waals surface area contributed by atoms with Crippen LogP contribution in [0.1, 0.15) is 37.0 Å². The molecule has 0 unspecified atom stereocenters. The van der Waals surface area contributed by atoms with E-state index in [-0.39, 0.29) is 11.7 Å². The largest absolute Gasteiger partial charge is 0.409 e. The molecular weight excluding hydrogens is 312 g/mol. The molecule has 7 heteroatoms. The summed E-state index contributed by atoms with van der Waals surface area (Å²) in [5, 5.41) is 14.7. The van der Waals surface area contributed by atoms with Gasteiger partial charge in [-0.15, -0.1) is 0 Å². The van der Waals surface area contributed by atoms with Crippen molar-refractivity contribution in [3.8, 4) is 0 Å². The van der Waals surface area contributed by atoms with Gasteiger partial charge in [-0.1, -0.05) is 19.0 Å². The van der Waals surface area contributed by atoms with Crippen molar-refractivity contribution < 1.29 is 10.0 Å². The van der Waals surface area contributed by atoms with Crippen LogP contribution in [0.2, 0.25) is 0 Å². The number of amides is 1. The number of rotatable bonds is 5. The van der Waals surface area contributed by atoms with Gasteiger partial charge >= 0.3 is 0 Å². The standard InChI is InChI=1S/C12H17BrN4O2/c1-3-12(4-2,11(14)17-19)16-10(18)8-5-9(13)7-15-6-8/h5-7,19H,3-4H2,1-2H3,(H2,14,17)(H,16,18). The summed E-state index contributed by atoms with van der Waals surface area (Å²) in [5.41, 5.74) is 5.25. The van der Waals surface area contributed by atoms with Gasteiger partial charge in [0.1, 0.15) is 5.54 Å². The molecule has 1 heterocycles. The molecule has 1 aromatic rings. The van der Waals surface area contributed by atoms with Crippen molar-refractivity contribution in [1.29, 1.82) is 0 Å². The van der Waals surface area contributed by atoms with Gasteiger partial charge in [0.05, 0.1) is 5.56 Å². The number of oxime groups is 1. The number of nitrogens with zero attached hydrogens (tertiary/aromatic N) is 2. The van der Waals surface area contributed by atoms with Crippen LogP contribution in [0.3, 0.4) is 0 Å². The second-order valence-corrected chi connectivity index (χ2v) is 5.04. The van der Waals surface area contributed by atoms with Crippen LogP contribution in [-0.2, 0) is 0 Å². The second-order valence-electron chi connectivity index (χ2n) is 4.12. The van der Waals surface area contributed by atoms with Crippen LogP contribution < -0.4 is 11.1 Å². The van der Waals surface area contributed by atoms with Gasteiger partial charge in [0, 0.05) is 16.9 Å². The molecule has 1 aromatic heterocycles. The minimum Gasteiger partial charge on any atom is -0.409 e. The number of carbonyl (C=O) groups excluding carboxylic acids is 1. The Labute approximate surface area is 120 Å². The van der Waals surface area contributed by atoms with E-state index in [1.165, 1.54) is 6.20 Å². The number of nitrogens with one attached hydrogen (secondary N) is 1. The minimum atomic E-state index is -0.853. The molecule has 4 N–H and O–H groups in total. The smallest absolute Gasteiger partial charge is 0.253 e. The first-order valence-electron chi connectivity index (χ1n) is 5.90. The van der Waals surface area contributed by atoms with E-state index in [9.17, 15) is 4.79 Å². The van der Waals surface area contributed by atoms with E-state index in [1.54, 1.807) is 12.3 Å². The van der Waals surface area contributed by atoms with E-state index in [1.807, 2.05) is 13.8 Å². The Morgan fingerprint density at radius 3 is 2.63 bits per heavy atom. The third-order valence-corrected chi connectivity index (χ3v) is 3.56. The lowest BCUT2D eigenvalue weighted by atomic mass is 9.91. The van der Waals surface area contributed by atoms with Gasteiger partial charge in [-0.2, -0.15) is 0 Å². The Morgan fingerprint density at radius 2 is 2.16 bits per heavy atom. The maximum Gasteiger partial charge on any atom is 0.253 e. The van der Waals surface area contributed by atoms with Crippen molar-refractivity contribution in [2.75, 3.05) is 0 Å². The molecule has 0 bridgehead atoms. The lowest BCUT2D eigenvalue weighted by molar-refractivity contribution is 0.0917. The number of halogens is 1. The second kappa shape index (κ2) is 6.51. The Balaban J connectivity index is 3.01. The first-order valence-corrected chi connectivity index (χ1v) is 6.69. The van der Waals surface area contributed by atoms with Crippen LogP contribution in [0.5, 0.6) is 0 Å². The number of amidine groups is 1. The summed E-state index contributed by atoms with van der Waals surface area (Å²) >= 11 is 3.26. The summed E-state index contributed by atoms with van der Waals surface area (Å²) in [6.45, 7) is 3.72.